The van der Waals surface area contributed by atoms with Gasteiger partial charge in [0.2, 0.25) is 0 Å². The largest absolute Gasteiger partial charge is 0.326 e. The first-order valence-electron chi connectivity index (χ1n) is 5.76. The van der Waals surface area contributed by atoms with E-state index in [9.17, 15) is 4.79 Å². The van der Waals surface area contributed by atoms with Crippen LogP contribution < -0.4 is 5.69 Å². The number of rotatable bonds is 2. The van der Waals surface area contributed by atoms with Gasteiger partial charge >= 0.3 is 5.69 Å². The first-order chi connectivity index (χ1) is 9.15. The molecule has 0 aliphatic rings. The zero-order chi connectivity index (χ0) is 13.4. The van der Waals surface area contributed by atoms with E-state index < -0.39 is 0 Å². The lowest BCUT2D eigenvalue weighted by Crippen LogP contribution is -2.17. The minimum atomic E-state index is -0.168. The number of para-hydroxylation sites is 1. The second-order valence-corrected chi connectivity index (χ2v) is 5.12. The first-order valence-corrected chi connectivity index (χ1v) is 6.52. The van der Waals surface area contributed by atoms with Gasteiger partial charge in [-0.2, -0.15) is 0 Å². The van der Waals surface area contributed by atoms with E-state index in [4.69, 9.17) is 23.2 Å². The number of hydrogen-bond acceptors (Lipinski definition) is 1. The molecule has 2 aromatic carbocycles. The third kappa shape index (κ3) is 2.27. The van der Waals surface area contributed by atoms with E-state index in [1.54, 1.807) is 22.8 Å². The van der Waals surface area contributed by atoms with E-state index in [1.165, 1.54) is 0 Å². The van der Waals surface area contributed by atoms with Crippen LogP contribution in [0.3, 0.4) is 0 Å². The Hall–Kier alpha value is -1.71. The summed E-state index contributed by atoms with van der Waals surface area (Å²) < 4.78 is 1.63. The van der Waals surface area contributed by atoms with E-state index in [2.05, 4.69) is 4.98 Å². The minimum Gasteiger partial charge on any atom is -0.305 e. The summed E-state index contributed by atoms with van der Waals surface area (Å²) in [5.74, 6) is 0. The molecule has 0 saturated carbocycles. The third-order valence-electron chi connectivity index (χ3n) is 3.00. The van der Waals surface area contributed by atoms with Gasteiger partial charge in [0.15, 0.2) is 0 Å². The van der Waals surface area contributed by atoms with Crippen LogP contribution in [-0.2, 0) is 6.54 Å². The normalized spacial score (nSPS) is 11.1. The second-order valence-electron chi connectivity index (χ2n) is 4.28. The van der Waals surface area contributed by atoms with Crippen molar-refractivity contribution < 1.29 is 0 Å². The van der Waals surface area contributed by atoms with Gasteiger partial charge < -0.3 is 4.98 Å². The van der Waals surface area contributed by atoms with E-state index in [0.717, 1.165) is 16.6 Å². The number of benzene rings is 2. The molecule has 0 amide bonds. The van der Waals surface area contributed by atoms with Crippen molar-refractivity contribution in [2.24, 2.45) is 0 Å². The average molecular weight is 293 g/mol. The van der Waals surface area contributed by atoms with Crippen LogP contribution in [0.4, 0.5) is 0 Å². The van der Waals surface area contributed by atoms with Crippen molar-refractivity contribution in [2.75, 3.05) is 0 Å². The number of nitrogens with zero attached hydrogens (tertiary/aromatic N) is 1. The Balaban J connectivity index is 2.12. The summed E-state index contributed by atoms with van der Waals surface area (Å²) in [6, 6.07) is 12.8. The molecule has 0 saturated heterocycles. The fourth-order valence-corrected chi connectivity index (χ4v) is 2.50. The highest BCUT2D eigenvalue weighted by Crippen LogP contribution is 2.21. The van der Waals surface area contributed by atoms with Crippen LogP contribution in [0.15, 0.2) is 47.3 Å². The van der Waals surface area contributed by atoms with Crippen molar-refractivity contribution in [3.05, 3.63) is 68.6 Å². The Kier molecular flexibility index (Phi) is 3.09. The Bertz CT molecular complexity index is 787. The number of halogens is 2. The maximum absolute atomic E-state index is 12.0. The molecule has 0 fully saturated rings. The molecular weight excluding hydrogens is 283 g/mol. The highest BCUT2D eigenvalue weighted by Gasteiger charge is 2.10. The van der Waals surface area contributed by atoms with E-state index in [1.807, 2.05) is 24.3 Å². The summed E-state index contributed by atoms with van der Waals surface area (Å²) in [5.41, 5.74) is 2.29. The molecule has 0 bridgehead atoms. The van der Waals surface area contributed by atoms with Crippen molar-refractivity contribution in [1.29, 1.82) is 0 Å². The highest BCUT2D eigenvalue weighted by atomic mass is 35.5. The molecule has 0 unspecified atom stereocenters. The minimum absolute atomic E-state index is 0.168. The van der Waals surface area contributed by atoms with E-state index >= 15 is 0 Å². The molecule has 1 N–H and O–H groups in total. The van der Waals surface area contributed by atoms with Gasteiger partial charge in [-0.1, -0.05) is 41.4 Å². The van der Waals surface area contributed by atoms with Crippen LogP contribution in [0.2, 0.25) is 10.0 Å². The van der Waals surface area contributed by atoms with Crippen LogP contribution >= 0.6 is 23.2 Å². The number of H-pyrrole nitrogens is 1. The van der Waals surface area contributed by atoms with Crippen LogP contribution in [0.1, 0.15) is 5.56 Å². The molecule has 19 heavy (non-hydrogen) atoms. The molecule has 0 atom stereocenters. The highest BCUT2D eigenvalue weighted by molar-refractivity contribution is 6.35. The molecule has 3 aromatic rings. The molecule has 0 spiro atoms. The number of aromatic amines is 1. The summed E-state index contributed by atoms with van der Waals surface area (Å²) in [7, 11) is 0. The fraction of sp³-hybridized carbons (Fsp3) is 0.0714. The van der Waals surface area contributed by atoms with Crippen LogP contribution in [0.25, 0.3) is 11.0 Å². The average Bonchev–Trinajstić information content (AvgIpc) is 2.70. The molecule has 3 rings (SSSR count). The Morgan fingerprint density at radius 3 is 2.53 bits per heavy atom. The van der Waals surface area contributed by atoms with Gasteiger partial charge in [0.1, 0.15) is 0 Å². The lowest BCUT2D eigenvalue weighted by molar-refractivity contribution is 0.787. The Morgan fingerprint density at radius 1 is 1.05 bits per heavy atom. The van der Waals surface area contributed by atoms with Crippen LogP contribution in [-0.4, -0.2) is 9.55 Å². The van der Waals surface area contributed by atoms with Gasteiger partial charge in [0, 0.05) is 5.02 Å². The van der Waals surface area contributed by atoms with Gasteiger partial charge in [0.25, 0.3) is 0 Å². The smallest absolute Gasteiger partial charge is 0.305 e. The summed E-state index contributed by atoms with van der Waals surface area (Å²) in [6.45, 7) is 0.458. The fourth-order valence-electron chi connectivity index (χ4n) is 2.10. The van der Waals surface area contributed by atoms with Crippen molar-refractivity contribution in [1.82, 2.24) is 9.55 Å². The lowest BCUT2D eigenvalue weighted by Gasteiger charge is -2.05. The topological polar surface area (TPSA) is 37.8 Å². The second kappa shape index (κ2) is 4.76. The van der Waals surface area contributed by atoms with Gasteiger partial charge in [-0.15, -0.1) is 0 Å². The summed E-state index contributed by atoms with van der Waals surface area (Å²) in [6.07, 6.45) is 0. The van der Waals surface area contributed by atoms with Gasteiger partial charge in [-0.25, -0.2) is 4.79 Å². The number of hydrogen-bond donors (Lipinski definition) is 1. The molecule has 5 heteroatoms. The molecule has 0 radical (unpaired) electrons. The van der Waals surface area contributed by atoms with Crippen molar-refractivity contribution in [3.8, 4) is 0 Å². The van der Waals surface area contributed by atoms with Crippen molar-refractivity contribution in [2.45, 2.75) is 6.54 Å². The lowest BCUT2D eigenvalue weighted by atomic mass is 10.2. The number of aromatic nitrogens is 2. The van der Waals surface area contributed by atoms with Crippen molar-refractivity contribution in [3.63, 3.8) is 0 Å². The maximum atomic E-state index is 12.0. The molecule has 0 aliphatic carbocycles. The molecule has 1 heterocycles. The van der Waals surface area contributed by atoms with Gasteiger partial charge in [-0.05, 0) is 29.8 Å². The van der Waals surface area contributed by atoms with Gasteiger partial charge in [-0.3, -0.25) is 4.57 Å². The molecule has 1 aromatic heterocycles. The third-order valence-corrected chi connectivity index (χ3v) is 3.55. The predicted octanol–water partition coefficient (Wildman–Crippen LogP) is 3.68. The van der Waals surface area contributed by atoms with E-state index in [0.29, 0.717) is 16.6 Å². The zero-order valence-corrected chi connectivity index (χ0v) is 11.4. The Morgan fingerprint density at radius 2 is 1.79 bits per heavy atom. The monoisotopic (exact) mass is 292 g/mol. The van der Waals surface area contributed by atoms with Gasteiger partial charge in [0.05, 0.1) is 22.6 Å². The first kappa shape index (κ1) is 12.3. The molecule has 96 valence electrons. The Labute approximate surface area is 119 Å². The number of imidazole rings is 1. The van der Waals surface area contributed by atoms with Crippen molar-refractivity contribution >= 4 is 34.2 Å². The summed E-state index contributed by atoms with van der Waals surface area (Å²) in [5, 5.41) is 1.23. The molecular formula is C14H10Cl2N2O. The number of nitrogens with one attached hydrogen (secondary N) is 1. The SMILES string of the molecule is O=c1[nH]c2cccc(Cl)c2n1Cc1ccc(Cl)cc1. The predicted molar refractivity (Wildman–Crippen MR) is 78.1 cm³/mol. The summed E-state index contributed by atoms with van der Waals surface area (Å²) >= 11 is 12.0. The number of fused-ring (bicyclic) bond motifs is 1. The quantitative estimate of drug-likeness (QED) is 0.769. The standard InChI is InChI=1S/C14H10Cl2N2O/c15-10-6-4-9(5-7-10)8-18-13-11(16)2-1-3-12(13)17-14(18)19/h1-7H,8H2,(H,17,19). The summed E-state index contributed by atoms with van der Waals surface area (Å²) in [4.78, 5) is 14.8. The van der Waals surface area contributed by atoms with Crippen LogP contribution in [0, 0.1) is 0 Å². The molecule has 3 nitrogen and oxygen atoms in total. The van der Waals surface area contributed by atoms with E-state index in [-0.39, 0.29) is 5.69 Å². The zero-order valence-electron chi connectivity index (χ0n) is 9.86. The van der Waals surface area contributed by atoms with Crippen LogP contribution in [0.5, 0.6) is 0 Å². The maximum Gasteiger partial charge on any atom is 0.326 e. The molecule has 0 aliphatic heterocycles.